The van der Waals surface area contributed by atoms with Gasteiger partial charge in [-0.1, -0.05) is 93.1 Å². The Morgan fingerprint density at radius 1 is 0.717 bits per heavy atom. The summed E-state index contributed by atoms with van der Waals surface area (Å²) >= 11 is 5.93. The third kappa shape index (κ3) is 18.7. The van der Waals surface area contributed by atoms with Crippen molar-refractivity contribution >= 4 is 35.0 Å². The molecule has 0 radical (unpaired) electrons. The predicted molar refractivity (Wildman–Crippen MR) is 218 cm³/mol. The first-order chi connectivity index (χ1) is 25.4. The molecule has 0 aromatic heterocycles. The van der Waals surface area contributed by atoms with Gasteiger partial charge in [-0.05, 0) is 120 Å². The maximum atomic E-state index is 13.3. The molecule has 0 heterocycles. The molecule has 0 saturated carbocycles. The summed E-state index contributed by atoms with van der Waals surface area (Å²) in [4.78, 5) is 51.4. The number of unbranched alkanes of at least 4 members (excludes halogenated alkanes) is 1. The second-order valence-corrected chi connectivity index (χ2v) is 14.1. The van der Waals surface area contributed by atoms with Crippen molar-refractivity contribution in [3.63, 3.8) is 0 Å². The monoisotopic (exact) mass is 742 g/mol. The Labute approximate surface area is 322 Å². The van der Waals surface area contributed by atoms with Crippen LogP contribution in [-0.2, 0) is 14.4 Å². The summed E-state index contributed by atoms with van der Waals surface area (Å²) in [6, 6.07) is 12.5. The summed E-state index contributed by atoms with van der Waals surface area (Å²) in [5.41, 5.74) is -0.289. The summed E-state index contributed by atoms with van der Waals surface area (Å²) < 4.78 is 5.99. The average molecular weight is 743 g/mol. The lowest BCUT2D eigenvalue weighted by Gasteiger charge is -2.29. The third-order valence-electron chi connectivity index (χ3n) is 8.30. The molecule has 2 rings (SSSR count). The Bertz CT molecular complexity index is 1570. The van der Waals surface area contributed by atoms with Crippen molar-refractivity contribution in [2.75, 3.05) is 6.54 Å². The molecular formula is C45H59ClN2O5. The first-order valence-corrected chi connectivity index (χ1v) is 19.3. The molecule has 286 valence electrons. The number of carbonyl (C=O) groups excluding carboxylic acids is 4. The highest BCUT2D eigenvalue weighted by Crippen LogP contribution is 2.22. The van der Waals surface area contributed by atoms with E-state index in [-0.39, 0.29) is 29.8 Å². The minimum Gasteiger partial charge on any atom is -0.478 e. The van der Waals surface area contributed by atoms with E-state index in [1.54, 1.807) is 62.4 Å². The van der Waals surface area contributed by atoms with E-state index in [2.05, 4.69) is 78.3 Å². The van der Waals surface area contributed by atoms with Gasteiger partial charge in [0.25, 0.3) is 5.91 Å². The number of Topliss-reactive ketones (excluding diaryl/α,β-unsaturated/α-hetero) is 1. The smallest absolute Gasteiger partial charge is 0.264 e. The number of rotatable bonds is 25. The number of ether oxygens (including phenoxy) is 1. The van der Waals surface area contributed by atoms with E-state index < -0.39 is 17.6 Å². The van der Waals surface area contributed by atoms with Crippen LogP contribution in [0.1, 0.15) is 115 Å². The van der Waals surface area contributed by atoms with Crippen molar-refractivity contribution in [3.8, 4) is 5.75 Å². The highest BCUT2D eigenvalue weighted by molar-refractivity contribution is 6.30. The van der Waals surface area contributed by atoms with Gasteiger partial charge >= 0.3 is 0 Å². The molecule has 1 atom stereocenters. The van der Waals surface area contributed by atoms with E-state index in [9.17, 15) is 19.2 Å². The number of benzene rings is 2. The van der Waals surface area contributed by atoms with Crippen molar-refractivity contribution in [3.05, 3.63) is 125 Å². The molecular weight excluding hydrogens is 684 g/mol. The summed E-state index contributed by atoms with van der Waals surface area (Å²) in [7, 11) is 0. The molecule has 2 aromatic rings. The van der Waals surface area contributed by atoms with Gasteiger partial charge in [0.1, 0.15) is 5.75 Å². The molecule has 8 heteroatoms. The fourth-order valence-electron chi connectivity index (χ4n) is 5.20. The number of nitrogens with one attached hydrogen (secondary N) is 2. The van der Waals surface area contributed by atoms with E-state index in [1.807, 2.05) is 13.8 Å². The van der Waals surface area contributed by atoms with Crippen LogP contribution in [-0.4, -0.2) is 41.6 Å². The Kier molecular flexibility index (Phi) is 21.5. The number of hydrogen-bond acceptors (Lipinski definition) is 5. The van der Waals surface area contributed by atoms with Crippen LogP contribution < -0.4 is 15.4 Å². The zero-order chi connectivity index (χ0) is 38.9. The summed E-state index contributed by atoms with van der Waals surface area (Å²) in [6.45, 7) is 9.57. The minimum absolute atomic E-state index is 0.0280. The van der Waals surface area contributed by atoms with Gasteiger partial charge in [0, 0.05) is 35.5 Å². The van der Waals surface area contributed by atoms with Crippen molar-refractivity contribution in [1.29, 1.82) is 0 Å². The van der Waals surface area contributed by atoms with Gasteiger partial charge in [-0.2, -0.15) is 0 Å². The number of amides is 2. The minimum atomic E-state index is -1.28. The van der Waals surface area contributed by atoms with Crippen molar-refractivity contribution in [2.24, 2.45) is 5.92 Å². The van der Waals surface area contributed by atoms with Gasteiger partial charge in [-0.25, -0.2) is 0 Å². The van der Waals surface area contributed by atoms with Crippen LogP contribution in [0.25, 0.3) is 0 Å². The van der Waals surface area contributed by atoms with E-state index in [0.29, 0.717) is 41.3 Å². The van der Waals surface area contributed by atoms with Crippen LogP contribution in [0.2, 0.25) is 5.02 Å². The maximum absolute atomic E-state index is 13.3. The van der Waals surface area contributed by atoms with Crippen molar-refractivity contribution in [2.45, 2.75) is 110 Å². The molecule has 0 aliphatic heterocycles. The quantitative estimate of drug-likeness (QED) is 0.0599. The third-order valence-corrected chi connectivity index (χ3v) is 8.55. The predicted octanol–water partition coefficient (Wildman–Crippen LogP) is 10.3. The highest BCUT2D eigenvalue weighted by atomic mass is 35.5. The molecule has 0 aliphatic rings. The summed E-state index contributed by atoms with van der Waals surface area (Å²) in [5.74, 6) is -0.418. The Hall–Kier alpha value is -4.49. The molecule has 2 aromatic carbocycles. The van der Waals surface area contributed by atoms with Crippen LogP contribution in [0.4, 0.5) is 0 Å². The lowest BCUT2D eigenvalue weighted by Crippen LogP contribution is -2.53. The summed E-state index contributed by atoms with van der Waals surface area (Å²) in [5, 5.41) is 6.33. The lowest BCUT2D eigenvalue weighted by atomic mass is 9.95. The average Bonchev–Trinajstić information content (AvgIpc) is 3.13. The number of allylic oxidation sites excluding steroid dienone is 10. The fourth-order valence-corrected chi connectivity index (χ4v) is 5.33. The standard InChI is InChI=1S/C45H59ClN2O5/c1-6-7-8-9-10-11-12-13-14-15-16-17-18-19-20-21-22-25-41(50)47-34-23-24-40(49)42(35(2)3)48-44(52)45(4,5)53-39-32-28-37(29-33-39)43(51)36-26-30-38(46)31-27-36/h7-8,10-11,13-14,16-17,19-20,26-33,35,42H,6,9,12,15,18,21-25,34H2,1-5H3,(H,47,50)(H,48,52)/b8-7-,11-10-,14-13-,17-16-,20-19-/t42-/m0/s1. The van der Waals surface area contributed by atoms with Gasteiger partial charge in [0.2, 0.25) is 5.91 Å². The van der Waals surface area contributed by atoms with Gasteiger partial charge in [0.05, 0.1) is 6.04 Å². The normalized spacial score (nSPS) is 12.8. The first kappa shape index (κ1) is 44.7. The Morgan fingerprint density at radius 3 is 1.75 bits per heavy atom. The topological polar surface area (TPSA) is 102 Å². The Balaban J connectivity index is 1.65. The van der Waals surface area contributed by atoms with Crippen LogP contribution >= 0.6 is 11.6 Å². The molecule has 7 nitrogen and oxygen atoms in total. The van der Waals surface area contributed by atoms with Gasteiger partial charge < -0.3 is 15.4 Å². The van der Waals surface area contributed by atoms with E-state index >= 15 is 0 Å². The molecule has 0 bridgehead atoms. The molecule has 53 heavy (non-hydrogen) atoms. The van der Waals surface area contributed by atoms with Gasteiger partial charge in [-0.3, -0.25) is 19.2 Å². The molecule has 0 spiro atoms. The van der Waals surface area contributed by atoms with Crippen LogP contribution in [0.15, 0.2) is 109 Å². The van der Waals surface area contributed by atoms with E-state index in [0.717, 1.165) is 44.9 Å². The zero-order valence-electron chi connectivity index (χ0n) is 32.2. The Morgan fingerprint density at radius 2 is 1.23 bits per heavy atom. The number of halogens is 1. The second kappa shape index (κ2) is 25.5. The van der Waals surface area contributed by atoms with E-state index in [4.69, 9.17) is 16.3 Å². The zero-order valence-corrected chi connectivity index (χ0v) is 33.0. The number of ketones is 2. The maximum Gasteiger partial charge on any atom is 0.264 e. The van der Waals surface area contributed by atoms with Gasteiger partial charge in [-0.15, -0.1) is 0 Å². The van der Waals surface area contributed by atoms with Crippen LogP contribution in [0, 0.1) is 5.92 Å². The van der Waals surface area contributed by atoms with Crippen LogP contribution in [0.5, 0.6) is 5.75 Å². The fraction of sp³-hybridized carbons (Fsp3) is 0.422. The van der Waals surface area contributed by atoms with Crippen LogP contribution in [0.3, 0.4) is 0 Å². The molecule has 2 amide bonds. The largest absolute Gasteiger partial charge is 0.478 e. The summed E-state index contributed by atoms with van der Waals surface area (Å²) in [6.07, 6.45) is 29.3. The number of carbonyl (C=O) groups is 4. The molecule has 2 N–H and O–H groups in total. The molecule has 0 aliphatic carbocycles. The first-order valence-electron chi connectivity index (χ1n) is 18.9. The molecule has 0 saturated heterocycles. The van der Waals surface area contributed by atoms with Gasteiger partial charge in [0.15, 0.2) is 17.2 Å². The van der Waals surface area contributed by atoms with Crippen molar-refractivity contribution in [1.82, 2.24) is 10.6 Å². The van der Waals surface area contributed by atoms with Crippen molar-refractivity contribution < 1.29 is 23.9 Å². The lowest BCUT2D eigenvalue weighted by molar-refractivity contribution is -0.138. The molecule has 0 unspecified atom stereocenters. The SMILES string of the molecule is CC/C=C\C/C=C\C/C=C\C/C=C\C/C=C\CCCC(=O)NCCCC(=O)[C@@H](NC(=O)C(C)(C)Oc1ccc(C(=O)c2ccc(Cl)cc2)cc1)C(C)C. The molecule has 0 fully saturated rings. The number of hydrogen-bond donors (Lipinski definition) is 2. The second-order valence-electron chi connectivity index (χ2n) is 13.7. The highest BCUT2D eigenvalue weighted by Gasteiger charge is 2.34. The van der Waals surface area contributed by atoms with E-state index in [1.165, 1.54) is 0 Å².